The molecule has 0 saturated carbocycles. The second-order valence-corrected chi connectivity index (χ2v) is 3.95. The first-order valence-electron chi connectivity index (χ1n) is 5.82. The summed E-state index contributed by atoms with van der Waals surface area (Å²) in [5.74, 6) is 0.830. The van der Waals surface area contributed by atoms with Gasteiger partial charge in [0, 0.05) is 12.1 Å². The summed E-state index contributed by atoms with van der Waals surface area (Å²) in [6.07, 6.45) is 0.117. The smallest absolute Gasteiger partial charge is 0.304 e. The Labute approximate surface area is 105 Å². The Bertz CT molecular complexity index is 505. The molecule has 0 bridgehead atoms. The highest BCUT2D eigenvalue weighted by atomic mass is 16.4. The Morgan fingerprint density at radius 3 is 2.67 bits per heavy atom. The highest BCUT2D eigenvalue weighted by molar-refractivity contribution is 5.66. The molecule has 4 nitrogen and oxygen atoms in total. The van der Waals surface area contributed by atoms with Crippen LogP contribution in [0, 0.1) is 0 Å². The quantitative estimate of drug-likeness (QED) is 0.767. The number of rotatable bonds is 6. The van der Waals surface area contributed by atoms with Crippen LogP contribution in [0.4, 0.5) is 0 Å². The number of furan rings is 1. The van der Waals surface area contributed by atoms with Crippen LogP contribution in [0.15, 0.2) is 46.9 Å². The molecule has 0 fully saturated rings. The molecule has 2 rings (SSSR count). The van der Waals surface area contributed by atoms with E-state index in [1.807, 2.05) is 42.5 Å². The van der Waals surface area contributed by atoms with E-state index in [2.05, 4.69) is 5.32 Å². The van der Waals surface area contributed by atoms with E-state index in [1.54, 1.807) is 0 Å². The number of carboxylic acid groups (broad SMARTS) is 1. The molecular formula is C14H15NO3. The minimum atomic E-state index is -0.799. The zero-order valence-electron chi connectivity index (χ0n) is 9.93. The topological polar surface area (TPSA) is 62.5 Å². The molecule has 1 aromatic heterocycles. The number of carbonyl (C=O) groups is 1. The van der Waals surface area contributed by atoms with Gasteiger partial charge in [-0.05, 0) is 12.1 Å². The molecule has 0 aliphatic rings. The predicted molar refractivity (Wildman–Crippen MR) is 68.1 cm³/mol. The van der Waals surface area contributed by atoms with Gasteiger partial charge in [0.05, 0.1) is 13.0 Å². The maximum Gasteiger partial charge on any atom is 0.304 e. The van der Waals surface area contributed by atoms with Crippen LogP contribution < -0.4 is 5.32 Å². The third-order valence-corrected chi connectivity index (χ3v) is 2.53. The van der Waals surface area contributed by atoms with Gasteiger partial charge in [0.1, 0.15) is 11.5 Å². The van der Waals surface area contributed by atoms with Gasteiger partial charge in [0.15, 0.2) is 0 Å². The zero-order chi connectivity index (χ0) is 12.8. The molecule has 1 aromatic carbocycles. The van der Waals surface area contributed by atoms with Crippen LogP contribution in [0.1, 0.15) is 12.2 Å². The highest BCUT2D eigenvalue weighted by Crippen LogP contribution is 2.21. The van der Waals surface area contributed by atoms with Crippen molar-refractivity contribution in [2.45, 2.75) is 13.0 Å². The van der Waals surface area contributed by atoms with Crippen LogP contribution in [0.3, 0.4) is 0 Å². The van der Waals surface area contributed by atoms with Crippen molar-refractivity contribution in [2.24, 2.45) is 0 Å². The van der Waals surface area contributed by atoms with E-state index in [0.717, 1.165) is 17.1 Å². The van der Waals surface area contributed by atoms with E-state index in [1.165, 1.54) is 0 Å². The Kier molecular flexibility index (Phi) is 4.15. The van der Waals surface area contributed by atoms with Gasteiger partial charge < -0.3 is 14.8 Å². The summed E-state index contributed by atoms with van der Waals surface area (Å²) >= 11 is 0. The van der Waals surface area contributed by atoms with Crippen LogP contribution in [0.5, 0.6) is 0 Å². The summed E-state index contributed by atoms with van der Waals surface area (Å²) in [5.41, 5.74) is 1.04. The van der Waals surface area contributed by atoms with Gasteiger partial charge in [-0.25, -0.2) is 0 Å². The van der Waals surface area contributed by atoms with Gasteiger partial charge in [-0.15, -0.1) is 0 Å². The van der Waals surface area contributed by atoms with Crippen LogP contribution in [-0.4, -0.2) is 17.6 Å². The van der Waals surface area contributed by atoms with Crippen LogP contribution >= 0.6 is 0 Å². The third kappa shape index (κ3) is 3.46. The van der Waals surface area contributed by atoms with Crippen molar-refractivity contribution in [3.05, 3.63) is 48.2 Å². The summed E-state index contributed by atoms with van der Waals surface area (Å²) in [5, 5.41) is 11.5. The summed E-state index contributed by atoms with van der Waals surface area (Å²) in [4.78, 5) is 10.3. The van der Waals surface area contributed by atoms with Crippen molar-refractivity contribution >= 4 is 5.97 Å². The first kappa shape index (κ1) is 12.4. The lowest BCUT2D eigenvalue weighted by atomic mass is 10.2. The number of nitrogens with one attached hydrogen (secondary N) is 1. The molecule has 0 unspecified atom stereocenters. The molecular weight excluding hydrogens is 230 g/mol. The lowest BCUT2D eigenvalue weighted by Crippen LogP contribution is -2.17. The summed E-state index contributed by atoms with van der Waals surface area (Å²) in [6, 6.07) is 13.7. The second kappa shape index (κ2) is 6.02. The maximum atomic E-state index is 10.3. The van der Waals surface area contributed by atoms with Gasteiger partial charge in [-0.2, -0.15) is 0 Å². The van der Waals surface area contributed by atoms with Gasteiger partial charge in [-0.3, -0.25) is 4.79 Å². The Morgan fingerprint density at radius 2 is 1.94 bits per heavy atom. The average Bonchev–Trinajstić information content (AvgIpc) is 2.84. The fourth-order valence-electron chi connectivity index (χ4n) is 1.64. The average molecular weight is 245 g/mol. The van der Waals surface area contributed by atoms with E-state index in [4.69, 9.17) is 9.52 Å². The zero-order valence-corrected chi connectivity index (χ0v) is 9.93. The largest absolute Gasteiger partial charge is 0.481 e. The van der Waals surface area contributed by atoms with Gasteiger partial charge in [0.2, 0.25) is 0 Å². The van der Waals surface area contributed by atoms with E-state index in [0.29, 0.717) is 13.1 Å². The monoisotopic (exact) mass is 245 g/mol. The third-order valence-electron chi connectivity index (χ3n) is 2.53. The Balaban J connectivity index is 1.89. The molecule has 0 radical (unpaired) electrons. The lowest BCUT2D eigenvalue weighted by molar-refractivity contribution is -0.136. The fraction of sp³-hybridized carbons (Fsp3) is 0.214. The van der Waals surface area contributed by atoms with Gasteiger partial charge >= 0.3 is 5.97 Å². The van der Waals surface area contributed by atoms with Crippen molar-refractivity contribution in [3.63, 3.8) is 0 Å². The highest BCUT2D eigenvalue weighted by Gasteiger charge is 2.04. The summed E-state index contributed by atoms with van der Waals surface area (Å²) in [7, 11) is 0. The molecule has 2 N–H and O–H groups in total. The van der Waals surface area contributed by atoms with Crippen molar-refractivity contribution in [1.29, 1.82) is 0 Å². The van der Waals surface area contributed by atoms with Crippen molar-refractivity contribution < 1.29 is 14.3 Å². The normalized spacial score (nSPS) is 10.4. The van der Waals surface area contributed by atoms with E-state index in [9.17, 15) is 4.79 Å². The maximum absolute atomic E-state index is 10.3. The van der Waals surface area contributed by atoms with Gasteiger partial charge in [-0.1, -0.05) is 30.3 Å². The van der Waals surface area contributed by atoms with Crippen LogP contribution in [-0.2, 0) is 11.3 Å². The number of carboxylic acids is 1. The summed E-state index contributed by atoms with van der Waals surface area (Å²) in [6.45, 7) is 0.983. The predicted octanol–water partition coefficient (Wildman–Crippen LogP) is 2.51. The summed E-state index contributed by atoms with van der Waals surface area (Å²) < 4.78 is 5.67. The van der Waals surface area contributed by atoms with Crippen LogP contribution in [0.2, 0.25) is 0 Å². The molecule has 2 aromatic rings. The first-order valence-corrected chi connectivity index (χ1v) is 5.82. The molecule has 18 heavy (non-hydrogen) atoms. The number of benzene rings is 1. The minimum absolute atomic E-state index is 0.117. The first-order chi connectivity index (χ1) is 8.75. The molecule has 1 heterocycles. The number of hydrogen-bond donors (Lipinski definition) is 2. The van der Waals surface area contributed by atoms with Crippen molar-refractivity contribution in [3.8, 4) is 11.3 Å². The molecule has 0 saturated heterocycles. The lowest BCUT2D eigenvalue weighted by Gasteiger charge is -2.00. The standard InChI is InChI=1S/C14H15NO3/c16-14(17)8-9-15-10-12-6-7-13(18-12)11-4-2-1-3-5-11/h1-7,15H,8-10H2,(H,16,17). The molecule has 0 spiro atoms. The van der Waals surface area contributed by atoms with E-state index >= 15 is 0 Å². The molecule has 0 aliphatic carbocycles. The van der Waals surface area contributed by atoms with Crippen molar-refractivity contribution in [2.75, 3.05) is 6.54 Å². The number of hydrogen-bond acceptors (Lipinski definition) is 3. The fourth-order valence-corrected chi connectivity index (χ4v) is 1.64. The molecule has 0 amide bonds. The van der Waals surface area contributed by atoms with Crippen molar-refractivity contribution in [1.82, 2.24) is 5.32 Å². The van der Waals surface area contributed by atoms with E-state index < -0.39 is 5.97 Å². The van der Waals surface area contributed by atoms with E-state index in [-0.39, 0.29) is 6.42 Å². The SMILES string of the molecule is O=C(O)CCNCc1ccc(-c2ccccc2)o1. The Morgan fingerprint density at radius 1 is 1.17 bits per heavy atom. The number of aliphatic carboxylic acids is 1. The Hall–Kier alpha value is -2.07. The molecule has 0 aliphatic heterocycles. The van der Waals surface area contributed by atoms with Crippen LogP contribution in [0.25, 0.3) is 11.3 Å². The minimum Gasteiger partial charge on any atom is -0.481 e. The second-order valence-electron chi connectivity index (χ2n) is 3.95. The molecule has 4 heteroatoms. The van der Waals surface area contributed by atoms with Gasteiger partial charge in [0.25, 0.3) is 0 Å². The molecule has 94 valence electrons. The molecule has 0 atom stereocenters.